The molecule has 0 bridgehead atoms. The summed E-state index contributed by atoms with van der Waals surface area (Å²) in [6, 6.07) is 7.38. The number of ketones is 1. The molecule has 0 radical (unpaired) electrons. The minimum atomic E-state index is -0.451. The normalized spacial score (nSPS) is 10.5. The Hall–Kier alpha value is -2.28. The molecule has 1 N–H and O–H groups in total. The Bertz CT molecular complexity index is 756. The van der Waals surface area contributed by atoms with Crippen LogP contribution in [-0.2, 0) is 0 Å². The van der Waals surface area contributed by atoms with E-state index in [2.05, 4.69) is 9.97 Å². The van der Waals surface area contributed by atoms with Crippen molar-refractivity contribution in [1.29, 1.82) is 0 Å². The molecular weight excluding hydrogens is 328 g/mol. The zero-order valence-corrected chi connectivity index (χ0v) is 14.7. The lowest BCUT2D eigenvalue weighted by molar-refractivity contribution is 0.101. The molecule has 1 heterocycles. The number of benzene rings is 1. The van der Waals surface area contributed by atoms with Gasteiger partial charge in [-0.2, -0.15) is 4.98 Å². The summed E-state index contributed by atoms with van der Waals surface area (Å²) in [5.41, 5.74) is 0.547. The first-order chi connectivity index (χ1) is 11.5. The van der Waals surface area contributed by atoms with Crippen LogP contribution in [0.5, 0.6) is 11.5 Å². The van der Waals surface area contributed by atoms with Gasteiger partial charge >= 0.3 is 5.69 Å². The van der Waals surface area contributed by atoms with Gasteiger partial charge in [0.15, 0.2) is 5.78 Å². The Balaban J connectivity index is 1.92. The van der Waals surface area contributed by atoms with E-state index in [1.807, 2.05) is 31.2 Å². The molecule has 2 rings (SSSR count). The second-order valence-corrected chi connectivity index (χ2v) is 6.09. The average Bonchev–Trinajstić information content (AvgIpc) is 2.52. The van der Waals surface area contributed by atoms with E-state index in [9.17, 15) is 9.59 Å². The number of nitrogens with one attached hydrogen (secondary N) is 1. The summed E-state index contributed by atoms with van der Waals surface area (Å²) in [6.45, 7) is 6.14. The zero-order valence-electron chi connectivity index (χ0n) is 13.9. The second kappa shape index (κ2) is 8.54. The number of carbonyl (C=O) groups excluding carboxylic acids is 1. The third kappa shape index (κ3) is 4.86. The lowest BCUT2D eigenvalue weighted by atomic mass is 10.2. The van der Waals surface area contributed by atoms with E-state index in [1.165, 1.54) is 18.7 Å². The maximum atomic E-state index is 11.7. The summed E-state index contributed by atoms with van der Waals surface area (Å²) >= 11 is 1.33. The highest BCUT2D eigenvalue weighted by Gasteiger charge is 2.14. The fraction of sp³-hybridized carbons (Fsp3) is 0.353. The minimum Gasteiger partial charge on any atom is -0.494 e. The molecule has 0 unspecified atom stereocenters. The third-order valence-corrected chi connectivity index (χ3v) is 4.10. The number of aromatic amines is 1. The van der Waals surface area contributed by atoms with Gasteiger partial charge in [-0.25, -0.2) is 4.79 Å². The molecular formula is C17H20N2O4S. The van der Waals surface area contributed by atoms with Crippen LogP contribution in [0, 0.1) is 6.92 Å². The third-order valence-electron chi connectivity index (χ3n) is 3.16. The molecule has 0 amide bonds. The summed E-state index contributed by atoms with van der Waals surface area (Å²) in [5.74, 6) is 1.99. The van der Waals surface area contributed by atoms with Gasteiger partial charge in [0.2, 0.25) is 0 Å². The Morgan fingerprint density at radius 1 is 1.21 bits per heavy atom. The summed E-state index contributed by atoms with van der Waals surface area (Å²) < 4.78 is 11.0. The van der Waals surface area contributed by atoms with Crippen LogP contribution in [0.25, 0.3) is 0 Å². The number of aryl methyl sites for hydroxylation is 1. The van der Waals surface area contributed by atoms with Gasteiger partial charge in [-0.05, 0) is 45.0 Å². The molecule has 0 fully saturated rings. The number of aromatic nitrogens is 2. The van der Waals surface area contributed by atoms with Crippen molar-refractivity contribution in [3.63, 3.8) is 0 Å². The van der Waals surface area contributed by atoms with Crippen molar-refractivity contribution < 1.29 is 14.3 Å². The number of thioether (sulfide) groups is 1. The first-order valence-electron chi connectivity index (χ1n) is 7.61. The molecule has 0 atom stereocenters. The van der Waals surface area contributed by atoms with Crippen molar-refractivity contribution in [3.8, 4) is 11.5 Å². The fourth-order valence-corrected chi connectivity index (χ4v) is 3.12. The summed E-state index contributed by atoms with van der Waals surface area (Å²) in [4.78, 5) is 29.6. The van der Waals surface area contributed by atoms with Crippen molar-refractivity contribution in [2.45, 2.75) is 25.8 Å². The molecule has 0 aliphatic rings. The molecule has 1 aromatic heterocycles. The van der Waals surface area contributed by atoms with E-state index in [0.29, 0.717) is 35.2 Å². The lowest BCUT2D eigenvalue weighted by Gasteiger charge is -2.09. The molecule has 6 nitrogen and oxygen atoms in total. The topological polar surface area (TPSA) is 81.3 Å². The van der Waals surface area contributed by atoms with E-state index in [0.717, 1.165) is 11.5 Å². The van der Waals surface area contributed by atoms with Gasteiger partial charge in [-0.1, -0.05) is 0 Å². The highest BCUT2D eigenvalue weighted by Crippen LogP contribution is 2.22. The van der Waals surface area contributed by atoms with Crippen molar-refractivity contribution in [1.82, 2.24) is 9.97 Å². The first kappa shape index (κ1) is 18.1. The van der Waals surface area contributed by atoms with Crippen molar-refractivity contribution in [3.05, 3.63) is 46.0 Å². The Kier molecular flexibility index (Phi) is 6.43. The van der Waals surface area contributed by atoms with Crippen LogP contribution < -0.4 is 15.2 Å². The standard InChI is InChI=1S/C17H20N2O4S/c1-4-22-13-5-7-14(8-6-13)23-9-10-24-16-15(12(3)20)11(2)18-17(21)19-16/h5-8H,4,9-10H2,1-3H3,(H,18,19,21). The minimum absolute atomic E-state index is 0.119. The SMILES string of the molecule is CCOc1ccc(OCCSc2nc(=O)[nH]c(C)c2C(C)=O)cc1. The van der Waals surface area contributed by atoms with Gasteiger partial charge in [0.25, 0.3) is 0 Å². The smallest absolute Gasteiger partial charge is 0.346 e. The van der Waals surface area contributed by atoms with Crippen molar-refractivity contribution >= 4 is 17.5 Å². The van der Waals surface area contributed by atoms with E-state index >= 15 is 0 Å². The van der Waals surface area contributed by atoms with E-state index in [4.69, 9.17) is 9.47 Å². The van der Waals surface area contributed by atoms with E-state index in [-0.39, 0.29) is 5.78 Å². The second-order valence-electron chi connectivity index (χ2n) is 5.00. The van der Waals surface area contributed by atoms with Gasteiger partial charge in [0.05, 0.1) is 18.8 Å². The molecule has 0 saturated heterocycles. The predicted octanol–water partition coefficient (Wildman–Crippen LogP) is 2.85. The largest absolute Gasteiger partial charge is 0.494 e. The van der Waals surface area contributed by atoms with Crippen LogP contribution in [0.3, 0.4) is 0 Å². The van der Waals surface area contributed by atoms with E-state index < -0.39 is 5.69 Å². The predicted molar refractivity (Wildman–Crippen MR) is 93.4 cm³/mol. The van der Waals surface area contributed by atoms with Crippen LogP contribution in [0.2, 0.25) is 0 Å². The lowest BCUT2D eigenvalue weighted by Crippen LogP contribution is -2.17. The number of hydrogen-bond donors (Lipinski definition) is 1. The number of hydrogen-bond acceptors (Lipinski definition) is 6. The zero-order chi connectivity index (χ0) is 17.5. The molecule has 0 saturated carbocycles. The summed E-state index contributed by atoms with van der Waals surface area (Å²) in [6.07, 6.45) is 0. The Morgan fingerprint density at radius 3 is 2.42 bits per heavy atom. The molecule has 1 aromatic carbocycles. The Labute approximate surface area is 144 Å². The molecule has 7 heteroatoms. The van der Waals surface area contributed by atoms with Crippen molar-refractivity contribution in [2.24, 2.45) is 0 Å². The molecule has 0 spiro atoms. The van der Waals surface area contributed by atoms with Crippen LogP contribution in [0.4, 0.5) is 0 Å². The first-order valence-corrected chi connectivity index (χ1v) is 8.60. The van der Waals surface area contributed by atoms with Crippen LogP contribution in [0.15, 0.2) is 34.1 Å². The monoisotopic (exact) mass is 348 g/mol. The number of Topliss-reactive ketones (excluding diaryl/α,β-unsaturated/α-hetero) is 1. The highest BCUT2D eigenvalue weighted by molar-refractivity contribution is 7.99. The summed E-state index contributed by atoms with van der Waals surface area (Å²) in [5, 5.41) is 0.444. The van der Waals surface area contributed by atoms with Crippen molar-refractivity contribution in [2.75, 3.05) is 19.0 Å². The van der Waals surface area contributed by atoms with Gasteiger partial charge in [-0.3, -0.25) is 4.79 Å². The molecule has 128 valence electrons. The number of carbonyl (C=O) groups is 1. The average molecular weight is 348 g/mol. The van der Waals surface area contributed by atoms with Gasteiger partial charge in [0.1, 0.15) is 16.5 Å². The fourth-order valence-electron chi connectivity index (χ4n) is 2.18. The summed E-state index contributed by atoms with van der Waals surface area (Å²) in [7, 11) is 0. The molecule has 24 heavy (non-hydrogen) atoms. The number of rotatable bonds is 8. The highest BCUT2D eigenvalue weighted by atomic mass is 32.2. The Morgan fingerprint density at radius 2 is 1.83 bits per heavy atom. The van der Waals surface area contributed by atoms with Gasteiger partial charge in [-0.15, -0.1) is 11.8 Å². The van der Waals surface area contributed by atoms with Crippen LogP contribution in [0.1, 0.15) is 29.9 Å². The van der Waals surface area contributed by atoms with Crippen LogP contribution in [-0.4, -0.2) is 34.7 Å². The number of nitrogens with zero attached hydrogens (tertiary/aromatic N) is 1. The van der Waals surface area contributed by atoms with Crippen LogP contribution >= 0.6 is 11.8 Å². The maximum absolute atomic E-state index is 11.7. The number of H-pyrrole nitrogens is 1. The maximum Gasteiger partial charge on any atom is 0.346 e. The molecule has 0 aliphatic carbocycles. The van der Waals surface area contributed by atoms with Gasteiger partial charge in [0, 0.05) is 11.4 Å². The molecule has 2 aromatic rings. The van der Waals surface area contributed by atoms with Gasteiger partial charge < -0.3 is 14.5 Å². The molecule has 0 aliphatic heterocycles. The quantitative estimate of drug-likeness (QED) is 0.342. The number of ether oxygens (including phenoxy) is 2. The van der Waals surface area contributed by atoms with E-state index in [1.54, 1.807) is 6.92 Å².